The lowest BCUT2D eigenvalue weighted by Gasteiger charge is -2.32. The Morgan fingerprint density at radius 2 is 2.04 bits per heavy atom. The van der Waals surface area contributed by atoms with Gasteiger partial charge in [-0.15, -0.1) is 0 Å². The van der Waals surface area contributed by atoms with E-state index in [2.05, 4.69) is 17.2 Å². The molecule has 2 heterocycles. The monoisotopic (exact) mass is 374 g/mol. The van der Waals surface area contributed by atoms with Gasteiger partial charge in [-0.25, -0.2) is 10.4 Å². The lowest BCUT2D eigenvalue weighted by atomic mass is 10.3. The second-order valence-electron chi connectivity index (χ2n) is 5.52. The third kappa shape index (κ3) is 4.13. The van der Waals surface area contributed by atoms with Crippen LogP contribution < -0.4 is 10.4 Å². The predicted molar refractivity (Wildman–Crippen MR) is 98.4 cm³/mol. The molecule has 1 aromatic rings. The summed E-state index contributed by atoms with van der Waals surface area (Å²) < 4.78 is 5.42. The molecular formula is C15H20Cl2N4OS. The zero-order valence-corrected chi connectivity index (χ0v) is 15.5. The summed E-state index contributed by atoms with van der Waals surface area (Å²) in [5, 5.41) is 4.34. The number of amidine groups is 1. The van der Waals surface area contributed by atoms with Crippen LogP contribution in [-0.2, 0) is 4.74 Å². The quantitative estimate of drug-likeness (QED) is 0.877. The van der Waals surface area contributed by atoms with Gasteiger partial charge in [0, 0.05) is 13.1 Å². The minimum Gasteiger partial charge on any atom is -0.379 e. The van der Waals surface area contributed by atoms with Gasteiger partial charge in [-0.05, 0) is 32.0 Å². The van der Waals surface area contributed by atoms with Crippen molar-refractivity contribution in [3.63, 3.8) is 0 Å². The minimum absolute atomic E-state index is 0.0313. The maximum Gasteiger partial charge on any atom is 0.181 e. The molecule has 3 rings (SSSR count). The van der Waals surface area contributed by atoms with E-state index in [4.69, 9.17) is 32.9 Å². The standard InChI is InChI=1S/C15H20Cl2N4OS/c1-10-18-15(23-11(2)20-5-7-22-8-6-20)21(19-10)12-3-4-13(16)14(17)9-12/h3-4,9-11,19H,5-8H2,1-2H3. The van der Waals surface area contributed by atoms with Crippen LogP contribution in [0, 0.1) is 0 Å². The van der Waals surface area contributed by atoms with Crippen LogP contribution in [0.1, 0.15) is 13.8 Å². The third-order valence-corrected chi connectivity index (χ3v) is 5.69. The number of halogens is 2. The Hall–Kier alpha value is -0.500. The van der Waals surface area contributed by atoms with Gasteiger partial charge in [-0.1, -0.05) is 35.0 Å². The maximum atomic E-state index is 6.15. The molecule has 2 atom stereocenters. The molecular weight excluding hydrogens is 355 g/mol. The molecule has 0 bridgehead atoms. The van der Waals surface area contributed by atoms with Crippen molar-refractivity contribution in [2.24, 2.45) is 4.99 Å². The van der Waals surface area contributed by atoms with E-state index in [-0.39, 0.29) is 6.17 Å². The highest BCUT2D eigenvalue weighted by Gasteiger charge is 2.28. The van der Waals surface area contributed by atoms with E-state index in [0.717, 1.165) is 37.2 Å². The summed E-state index contributed by atoms with van der Waals surface area (Å²) in [5.74, 6) is 0. The minimum atomic E-state index is 0.0313. The fraction of sp³-hybridized carbons (Fsp3) is 0.533. The van der Waals surface area contributed by atoms with Gasteiger partial charge in [0.15, 0.2) is 5.17 Å². The first kappa shape index (κ1) is 17.3. The van der Waals surface area contributed by atoms with E-state index in [1.54, 1.807) is 17.8 Å². The van der Waals surface area contributed by atoms with E-state index >= 15 is 0 Å². The number of nitrogens with zero attached hydrogens (tertiary/aromatic N) is 3. The molecule has 0 radical (unpaired) electrons. The molecule has 8 heteroatoms. The molecule has 23 heavy (non-hydrogen) atoms. The number of benzene rings is 1. The molecule has 0 amide bonds. The second-order valence-corrected chi connectivity index (χ2v) is 7.61. The molecule has 0 aromatic heterocycles. The molecule has 1 fully saturated rings. The van der Waals surface area contributed by atoms with E-state index in [1.807, 2.05) is 24.1 Å². The summed E-state index contributed by atoms with van der Waals surface area (Å²) in [6.07, 6.45) is 0.0313. The molecule has 1 aromatic carbocycles. The first-order chi connectivity index (χ1) is 11.0. The summed E-state index contributed by atoms with van der Waals surface area (Å²) >= 11 is 13.9. The van der Waals surface area contributed by atoms with E-state index in [9.17, 15) is 0 Å². The molecule has 5 nitrogen and oxygen atoms in total. The van der Waals surface area contributed by atoms with Crippen LogP contribution in [0.2, 0.25) is 10.0 Å². The lowest BCUT2D eigenvalue weighted by Crippen LogP contribution is -2.43. The molecule has 2 aliphatic rings. The normalized spacial score (nSPS) is 23.9. The highest BCUT2D eigenvalue weighted by atomic mass is 35.5. The van der Waals surface area contributed by atoms with Gasteiger partial charge in [0.05, 0.1) is 34.3 Å². The van der Waals surface area contributed by atoms with Crippen molar-refractivity contribution in [2.75, 3.05) is 31.3 Å². The Labute approximate surface area is 150 Å². The smallest absolute Gasteiger partial charge is 0.181 e. The molecule has 2 aliphatic heterocycles. The SMILES string of the molecule is CC1N=C(SC(C)N2CCOCC2)N(c2ccc(Cl)c(Cl)c2)N1. The Balaban J connectivity index is 1.73. The second kappa shape index (κ2) is 7.59. The van der Waals surface area contributed by atoms with Crippen molar-refractivity contribution in [1.82, 2.24) is 10.3 Å². The number of aliphatic imine (C=N–C) groups is 1. The number of hydrogen-bond donors (Lipinski definition) is 1. The average molecular weight is 375 g/mol. The van der Waals surface area contributed by atoms with Gasteiger partial charge >= 0.3 is 0 Å². The van der Waals surface area contributed by atoms with E-state index in [0.29, 0.717) is 15.4 Å². The Morgan fingerprint density at radius 3 is 2.74 bits per heavy atom. The molecule has 0 saturated carbocycles. The number of hydrazine groups is 1. The summed E-state index contributed by atoms with van der Waals surface area (Å²) in [7, 11) is 0. The highest BCUT2D eigenvalue weighted by molar-refractivity contribution is 8.14. The van der Waals surface area contributed by atoms with Crippen LogP contribution in [0.25, 0.3) is 0 Å². The molecule has 0 aliphatic carbocycles. The Bertz CT molecular complexity index is 595. The number of nitrogens with one attached hydrogen (secondary N) is 1. The zero-order valence-electron chi connectivity index (χ0n) is 13.1. The van der Waals surface area contributed by atoms with E-state index in [1.165, 1.54) is 0 Å². The van der Waals surface area contributed by atoms with Gasteiger partial charge in [0.1, 0.15) is 6.17 Å². The van der Waals surface area contributed by atoms with Crippen LogP contribution in [0.5, 0.6) is 0 Å². The highest BCUT2D eigenvalue weighted by Crippen LogP contribution is 2.31. The van der Waals surface area contributed by atoms with Crippen molar-refractivity contribution in [1.29, 1.82) is 0 Å². The molecule has 126 valence electrons. The largest absolute Gasteiger partial charge is 0.379 e. The fourth-order valence-corrected chi connectivity index (χ4v) is 3.99. The van der Waals surface area contributed by atoms with Gasteiger partial charge in [0.2, 0.25) is 0 Å². The number of thioether (sulfide) groups is 1. The fourth-order valence-electron chi connectivity index (χ4n) is 2.55. The average Bonchev–Trinajstić information content (AvgIpc) is 2.91. The topological polar surface area (TPSA) is 40.1 Å². The van der Waals surface area contributed by atoms with Gasteiger partial charge < -0.3 is 4.74 Å². The van der Waals surface area contributed by atoms with Crippen molar-refractivity contribution in [3.8, 4) is 0 Å². The first-order valence-electron chi connectivity index (χ1n) is 7.62. The van der Waals surface area contributed by atoms with E-state index < -0.39 is 0 Å². The maximum absolute atomic E-state index is 6.15. The predicted octanol–water partition coefficient (Wildman–Crippen LogP) is 3.43. The molecule has 0 spiro atoms. The van der Waals surface area contributed by atoms with Crippen molar-refractivity contribution in [2.45, 2.75) is 25.4 Å². The Kier molecular flexibility index (Phi) is 5.72. The summed E-state index contributed by atoms with van der Waals surface area (Å²) in [5.41, 5.74) is 4.27. The zero-order chi connectivity index (χ0) is 16.4. The van der Waals surface area contributed by atoms with Crippen molar-refractivity contribution < 1.29 is 4.74 Å². The summed E-state index contributed by atoms with van der Waals surface area (Å²) in [6, 6.07) is 5.59. The number of anilines is 1. The van der Waals surface area contributed by atoms with Gasteiger partial charge in [-0.2, -0.15) is 0 Å². The number of morpholine rings is 1. The number of ether oxygens (including phenoxy) is 1. The van der Waals surface area contributed by atoms with Crippen molar-refractivity contribution in [3.05, 3.63) is 28.2 Å². The molecule has 1 saturated heterocycles. The van der Waals surface area contributed by atoms with Crippen molar-refractivity contribution >= 4 is 45.8 Å². The van der Waals surface area contributed by atoms with Crippen LogP contribution in [-0.4, -0.2) is 47.9 Å². The van der Waals surface area contributed by atoms with Crippen LogP contribution in [0.3, 0.4) is 0 Å². The van der Waals surface area contributed by atoms with Gasteiger partial charge in [0.25, 0.3) is 0 Å². The third-order valence-electron chi connectivity index (χ3n) is 3.81. The molecule has 2 unspecified atom stereocenters. The van der Waals surface area contributed by atoms with Crippen LogP contribution in [0.15, 0.2) is 23.2 Å². The lowest BCUT2D eigenvalue weighted by molar-refractivity contribution is 0.0353. The number of hydrogen-bond acceptors (Lipinski definition) is 6. The summed E-state index contributed by atoms with van der Waals surface area (Å²) in [4.78, 5) is 7.10. The van der Waals surface area contributed by atoms with Crippen LogP contribution in [0.4, 0.5) is 5.69 Å². The Morgan fingerprint density at radius 1 is 1.30 bits per heavy atom. The molecule has 1 N–H and O–H groups in total. The first-order valence-corrected chi connectivity index (χ1v) is 9.26. The van der Waals surface area contributed by atoms with Crippen LogP contribution >= 0.6 is 35.0 Å². The summed E-state index contributed by atoms with van der Waals surface area (Å²) in [6.45, 7) is 7.73. The van der Waals surface area contributed by atoms with Gasteiger partial charge in [-0.3, -0.25) is 9.91 Å². The number of rotatable bonds is 3.